The largest absolute Gasteiger partial charge is 0.372 e. The molecular weight excluding hydrogens is 641 g/mol. The van der Waals surface area contributed by atoms with Crippen LogP contribution in [0.4, 0.5) is 0 Å². The van der Waals surface area contributed by atoms with Gasteiger partial charge in [0.25, 0.3) is 0 Å². The topological polar surface area (TPSA) is 214 Å². The molecule has 15 heteroatoms. The number of amides is 2. The van der Waals surface area contributed by atoms with Crippen molar-refractivity contribution in [3.63, 3.8) is 0 Å². The maximum absolute atomic E-state index is 13.5. The number of allylic oxidation sites excluding steroid dienone is 3. The van der Waals surface area contributed by atoms with Crippen molar-refractivity contribution in [2.24, 2.45) is 22.4 Å². The quantitative estimate of drug-likeness (QED) is 0.0941. The van der Waals surface area contributed by atoms with Gasteiger partial charge in [-0.05, 0) is 46.9 Å². The number of Topliss-reactive ketones (excluding diaryl/α,β-unsaturated/α-hetero) is 1. The van der Waals surface area contributed by atoms with E-state index in [4.69, 9.17) is 11.5 Å². The fraction of sp³-hybridized carbons (Fsp3) is 0.375. The Hall–Kier alpha value is -4.34. The van der Waals surface area contributed by atoms with E-state index in [1.54, 1.807) is 41.9 Å². The Labute approximate surface area is 279 Å². The highest BCUT2D eigenvalue weighted by Gasteiger charge is 2.33. The second-order valence-electron chi connectivity index (χ2n) is 11.2. The number of fused-ring (bicyclic) bond motifs is 1. The van der Waals surface area contributed by atoms with Crippen LogP contribution in [-0.4, -0.2) is 67.5 Å². The zero-order valence-corrected chi connectivity index (χ0v) is 27.8. The maximum atomic E-state index is 13.5. The summed E-state index contributed by atoms with van der Waals surface area (Å²) in [4.78, 5) is 47.5. The number of guanidine groups is 1. The molecule has 252 valence electrons. The summed E-state index contributed by atoms with van der Waals surface area (Å²) in [6, 6.07) is 6.52. The molecule has 9 N–H and O–H groups in total. The van der Waals surface area contributed by atoms with E-state index >= 15 is 0 Å². The summed E-state index contributed by atoms with van der Waals surface area (Å²) in [6.45, 7) is 1.54. The van der Waals surface area contributed by atoms with Gasteiger partial charge >= 0.3 is 0 Å². The van der Waals surface area contributed by atoms with Gasteiger partial charge in [-0.2, -0.15) is 0 Å². The fourth-order valence-electron chi connectivity index (χ4n) is 5.44. The number of nitrogens with zero attached hydrogens (tertiary/aromatic N) is 1. The van der Waals surface area contributed by atoms with E-state index < -0.39 is 51.8 Å². The summed E-state index contributed by atoms with van der Waals surface area (Å²) in [5.41, 5.74) is 14.4. The Morgan fingerprint density at radius 1 is 1.15 bits per heavy atom. The number of aromatic nitrogens is 1. The predicted molar refractivity (Wildman–Crippen MR) is 185 cm³/mol. The van der Waals surface area contributed by atoms with Crippen molar-refractivity contribution in [2.45, 2.75) is 55.8 Å². The van der Waals surface area contributed by atoms with Gasteiger partial charge in [0.2, 0.25) is 21.8 Å². The molecule has 0 saturated carbocycles. The molecule has 0 fully saturated rings. The normalized spacial score (nSPS) is 17.1. The van der Waals surface area contributed by atoms with Crippen molar-refractivity contribution in [1.29, 1.82) is 0 Å². The number of nitrogens with one attached hydrogen (secondary N) is 5. The van der Waals surface area contributed by atoms with Crippen LogP contribution in [0, 0.1) is 5.92 Å². The predicted octanol–water partition coefficient (Wildman–Crippen LogP) is 1.16. The van der Waals surface area contributed by atoms with Gasteiger partial charge < -0.3 is 32.4 Å². The third-order valence-corrected chi connectivity index (χ3v) is 10.1. The van der Waals surface area contributed by atoms with Crippen molar-refractivity contribution < 1.29 is 22.8 Å². The molecule has 4 atom stereocenters. The van der Waals surface area contributed by atoms with Gasteiger partial charge in [-0.3, -0.25) is 19.4 Å². The van der Waals surface area contributed by atoms with Crippen LogP contribution in [0.15, 0.2) is 71.4 Å². The molecule has 4 unspecified atom stereocenters. The van der Waals surface area contributed by atoms with Gasteiger partial charge in [0.05, 0.1) is 18.3 Å². The van der Waals surface area contributed by atoms with Gasteiger partial charge in [-0.15, -0.1) is 0 Å². The molecule has 1 aliphatic heterocycles. The summed E-state index contributed by atoms with van der Waals surface area (Å²) in [6.07, 6.45) is 13.1. The average molecular weight is 683 g/mol. The number of ketones is 1. The first-order valence-corrected chi connectivity index (χ1v) is 17.9. The lowest BCUT2D eigenvalue weighted by atomic mass is 9.93. The molecule has 0 bridgehead atoms. The molecule has 2 heterocycles. The van der Waals surface area contributed by atoms with Crippen molar-refractivity contribution in [2.75, 3.05) is 13.1 Å². The number of aromatic amines is 1. The number of hydrogen-bond donors (Lipinski definition) is 7. The molecule has 4 rings (SSSR count). The highest BCUT2D eigenvalue weighted by atomic mass is 32.2. The lowest BCUT2D eigenvalue weighted by molar-refractivity contribution is -0.129. The Kier molecular flexibility index (Phi) is 12.8. The molecule has 0 saturated heterocycles. The number of aliphatic imine (C=N–C) groups is 1. The van der Waals surface area contributed by atoms with Gasteiger partial charge in [0, 0.05) is 31.1 Å². The van der Waals surface area contributed by atoms with Gasteiger partial charge in [0.1, 0.15) is 11.4 Å². The number of nitrogens with two attached hydrogens (primary N) is 2. The summed E-state index contributed by atoms with van der Waals surface area (Å²) in [5.74, 6) is -2.41. The monoisotopic (exact) mass is 682 g/mol. The number of thioether (sulfide) groups is 1. The fourth-order valence-corrected chi connectivity index (χ4v) is 7.61. The minimum atomic E-state index is -3.96. The average Bonchev–Trinajstić information content (AvgIpc) is 3.65. The molecule has 1 aliphatic carbocycles. The first-order valence-electron chi connectivity index (χ1n) is 15.3. The first-order chi connectivity index (χ1) is 22.6. The standard InChI is InChI=1S/C32H42N8O5S2/c1-2-22(13-14-36-32(33)34)28(40-47(44,45)20-21-9-5-3-6-10-21)30(43)38-19-27(41)39-26(29(42)31-35-15-16-46-31)17-23-18-37-25-12-8-4-7-11-24(23)25/h3-10,12,15-16,18,22,26,28,31,35,37,40H,2,11,13-14,17,19-20H2,1H3,(H,38,43)(H,39,41)(H4,33,34,36). The van der Waals surface area contributed by atoms with Crippen molar-refractivity contribution in [1.82, 2.24) is 25.7 Å². The SMILES string of the molecule is CCC(CCN=C(N)N)C(NS(=O)(=O)Cc1ccccc1)C(=O)NCC(=O)NC(Cc1c[nH]c2c1CC=CC=C2)C(=O)C1NC=CS1. The molecular formula is C32H42N8O5S2. The Bertz CT molecular complexity index is 1620. The van der Waals surface area contributed by atoms with Crippen LogP contribution >= 0.6 is 11.8 Å². The second-order valence-corrected chi connectivity index (χ2v) is 14.0. The number of hydrogen-bond acceptors (Lipinski definition) is 8. The Morgan fingerprint density at radius 2 is 1.94 bits per heavy atom. The zero-order chi connectivity index (χ0) is 33.8. The lowest BCUT2D eigenvalue weighted by Gasteiger charge is -2.26. The van der Waals surface area contributed by atoms with E-state index in [-0.39, 0.29) is 30.5 Å². The Balaban J connectivity index is 1.46. The second kappa shape index (κ2) is 17.0. The molecule has 2 aliphatic rings. The smallest absolute Gasteiger partial charge is 0.239 e. The number of benzene rings is 1. The molecule has 1 aromatic heterocycles. The van der Waals surface area contributed by atoms with Crippen LogP contribution in [0.25, 0.3) is 6.08 Å². The highest BCUT2D eigenvalue weighted by molar-refractivity contribution is 8.03. The van der Waals surface area contributed by atoms with Crippen molar-refractivity contribution in [3.05, 3.63) is 88.7 Å². The Morgan fingerprint density at radius 3 is 2.64 bits per heavy atom. The van der Waals surface area contributed by atoms with E-state index in [2.05, 4.69) is 30.6 Å². The third kappa shape index (κ3) is 10.6. The number of rotatable bonds is 17. The number of H-pyrrole nitrogens is 1. The molecule has 47 heavy (non-hydrogen) atoms. The molecule has 0 radical (unpaired) electrons. The van der Waals surface area contributed by atoms with Crippen LogP contribution in [0.1, 0.15) is 42.1 Å². The van der Waals surface area contributed by atoms with Crippen molar-refractivity contribution in [3.8, 4) is 0 Å². The minimum Gasteiger partial charge on any atom is -0.372 e. The van der Waals surface area contributed by atoms with Crippen LogP contribution in [-0.2, 0) is 43.0 Å². The van der Waals surface area contributed by atoms with Gasteiger partial charge in [-0.25, -0.2) is 13.1 Å². The number of sulfonamides is 1. The molecule has 13 nitrogen and oxygen atoms in total. The van der Waals surface area contributed by atoms with Crippen LogP contribution in [0.2, 0.25) is 0 Å². The molecule has 1 aromatic carbocycles. The summed E-state index contributed by atoms with van der Waals surface area (Å²) in [7, 11) is -3.96. The van der Waals surface area contributed by atoms with E-state index in [0.717, 1.165) is 16.8 Å². The van der Waals surface area contributed by atoms with E-state index in [1.165, 1.54) is 11.8 Å². The van der Waals surface area contributed by atoms with Crippen LogP contribution in [0.3, 0.4) is 0 Å². The van der Waals surface area contributed by atoms with Gasteiger partial charge in [0.15, 0.2) is 11.7 Å². The first kappa shape index (κ1) is 35.5. The van der Waals surface area contributed by atoms with E-state index in [9.17, 15) is 22.8 Å². The summed E-state index contributed by atoms with van der Waals surface area (Å²) < 4.78 is 28.9. The van der Waals surface area contributed by atoms with E-state index in [1.807, 2.05) is 37.4 Å². The molecule has 2 aromatic rings. The van der Waals surface area contributed by atoms with Crippen molar-refractivity contribution >= 4 is 51.4 Å². The lowest BCUT2D eigenvalue weighted by Crippen LogP contribution is -2.54. The molecule has 0 spiro atoms. The third-order valence-electron chi connectivity index (χ3n) is 7.84. The van der Waals surface area contributed by atoms with Gasteiger partial charge in [-0.1, -0.05) is 73.7 Å². The summed E-state index contributed by atoms with van der Waals surface area (Å²) >= 11 is 1.31. The van der Waals surface area contributed by atoms with Crippen LogP contribution in [0.5, 0.6) is 0 Å². The minimum absolute atomic E-state index is 0.114. The van der Waals surface area contributed by atoms with E-state index in [0.29, 0.717) is 24.8 Å². The summed E-state index contributed by atoms with van der Waals surface area (Å²) in [5, 5.41) is 9.59. The number of carbonyl (C=O) groups excluding carboxylic acids is 3. The maximum Gasteiger partial charge on any atom is 0.239 e. The molecule has 2 amide bonds. The highest BCUT2D eigenvalue weighted by Crippen LogP contribution is 2.24. The van der Waals surface area contributed by atoms with Crippen LogP contribution < -0.4 is 32.1 Å². The zero-order valence-electron chi connectivity index (χ0n) is 26.1. The number of carbonyl (C=O) groups is 3.